The molecule has 0 N–H and O–H groups in total. The highest BCUT2D eigenvalue weighted by Crippen LogP contribution is 2.01. The molecule has 0 radical (unpaired) electrons. The first kappa shape index (κ1) is 10.2. The summed E-state index contributed by atoms with van der Waals surface area (Å²) in [6, 6.07) is 0. The number of hydrogen-bond acceptors (Lipinski definition) is 2. The van der Waals surface area contributed by atoms with Crippen LogP contribution in [0, 0.1) is 0 Å². The van der Waals surface area contributed by atoms with E-state index in [-0.39, 0.29) is 0 Å². The molecule has 0 aromatic carbocycles. The van der Waals surface area contributed by atoms with E-state index in [1.54, 1.807) is 0 Å². The van der Waals surface area contributed by atoms with Gasteiger partial charge in [0.2, 0.25) is 0 Å². The van der Waals surface area contributed by atoms with Crippen LogP contribution in [-0.2, 0) is 0 Å². The van der Waals surface area contributed by atoms with E-state index in [0.29, 0.717) is 0 Å². The highest BCUT2D eigenvalue weighted by molar-refractivity contribution is 5.81. The molecule has 0 saturated carbocycles. The Morgan fingerprint density at radius 1 is 1.36 bits per heavy atom. The first-order valence-corrected chi connectivity index (χ1v) is 4.08. The van der Waals surface area contributed by atoms with Gasteiger partial charge >= 0.3 is 0 Å². The normalized spacial score (nSPS) is 11.5. The SMILES string of the molecule is C=C(C)N(CC)/N=C(/C)CC. The molecule has 0 saturated heterocycles. The summed E-state index contributed by atoms with van der Waals surface area (Å²) in [5, 5.41) is 6.28. The van der Waals surface area contributed by atoms with Crippen molar-refractivity contribution < 1.29 is 0 Å². The summed E-state index contributed by atoms with van der Waals surface area (Å²) in [5.74, 6) is 0. The number of hydrogen-bond donors (Lipinski definition) is 0. The Hall–Kier alpha value is -0.790. The lowest BCUT2D eigenvalue weighted by Gasteiger charge is -2.17. The highest BCUT2D eigenvalue weighted by Gasteiger charge is 1.96. The monoisotopic (exact) mass is 154 g/mol. The molecule has 0 atom stereocenters. The molecule has 0 rings (SSSR count). The molecule has 0 bridgehead atoms. The number of nitrogens with zero attached hydrogens (tertiary/aromatic N) is 2. The maximum absolute atomic E-state index is 4.36. The Balaban J connectivity index is 4.17. The molecule has 2 nitrogen and oxygen atoms in total. The molecule has 0 aliphatic carbocycles. The molecule has 0 spiro atoms. The van der Waals surface area contributed by atoms with Gasteiger partial charge in [0.05, 0.1) is 0 Å². The Bertz CT molecular complexity index is 159. The molecule has 2 heteroatoms. The van der Waals surface area contributed by atoms with Crippen LogP contribution in [0.4, 0.5) is 0 Å². The number of hydrazone groups is 1. The van der Waals surface area contributed by atoms with Crippen LogP contribution >= 0.6 is 0 Å². The van der Waals surface area contributed by atoms with Gasteiger partial charge in [-0.1, -0.05) is 13.5 Å². The van der Waals surface area contributed by atoms with E-state index < -0.39 is 0 Å². The molecular formula is C9H18N2. The first-order valence-electron chi connectivity index (χ1n) is 4.08. The van der Waals surface area contributed by atoms with Gasteiger partial charge in [-0.05, 0) is 27.2 Å². The van der Waals surface area contributed by atoms with Crippen molar-refractivity contribution in [3.8, 4) is 0 Å². The van der Waals surface area contributed by atoms with Gasteiger partial charge in [-0.3, -0.25) is 5.01 Å². The van der Waals surface area contributed by atoms with Crippen LogP contribution in [0.25, 0.3) is 0 Å². The van der Waals surface area contributed by atoms with E-state index in [1.807, 2.05) is 18.9 Å². The maximum Gasteiger partial charge on any atom is 0.0383 e. The Morgan fingerprint density at radius 2 is 1.91 bits per heavy atom. The summed E-state index contributed by atoms with van der Waals surface area (Å²) in [5.41, 5.74) is 2.15. The van der Waals surface area contributed by atoms with Gasteiger partial charge < -0.3 is 0 Å². The van der Waals surface area contributed by atoms with Crippen LogP contribution in [0.3, 0.4) is 0 Å². The minimum atomic E-state index is 0.896. The predicted octanol–water partition coefficient (Wildman–Crippen LogP) is 2.63. The topological polar surface area (TPSA) is 15.6 Å². The Labute approximate surface area is 69.6 Å². The van der Waals surface area contributed by atoms with Crippen molar-refractivity contribution in [1.29, 1.82) is 0 Å². The zero-order valence-electron chi connectivity index (χ0n) is 8.02. The third-order valence-electron chi connectivity index (χ3n) is 1.54. The third-order valence-corrected chi connectivity index (χ3v) is 1.54. The molecule has 0 amide bonds. The zero-order chi connectivity index (χ0) is 8.85. The summed E-state index contributed by atoms with van der Waals surface area (Å²) in [6.45, 7) is 12.9. The van der Waals surface area contributed by atoms with Gasteiger partial charge in [0.1, 0.15) is 0 Å². The molecule has 0 unspecified atom stereocenters. The van der Waals surface area contributed by atoms with Gasteiger partial charge in [-0.15, -0.1) is 0 Å². The quantitative estimate of drug-likeness (QED) is 0.449. The second-order valence-corrected chi connectivity index (χ2v) is 2.64. The molecule has 0 aromatic rings. The molecule has 0 fully saturated rings. The highest BCUT2D eigenvalue weighted by atomic mass is 15.5. The second-order valence-electron chi connectivity index (χ2n) is 2.64. The second kappa shape index (κ2) is 4.94. The predicted molar refractivity (Wildman–Crippen MR) is 50.6 cm³/mol. The van der Waals surface area contributed by atoms with Crippen LogP contribution < -0.4 is 0 Å². The fourth-order valence-corrected chi connectivity index (χ4v) is 0.703. The summed E-state index contributed by atoms with van der Waals surface area (Å²) in [4.78, 5) is 0. The molecule has 11 heavy (non-hydrogen) atoms. The zero-order valence-corrected chi connectivity index (χ0v) is 8.02. The largest absolute Gasteiger partial charge is 0.271 e. The van der Waals surface area contributed by atoms with Crippen LogP contribution in [0.5, 0.6) is 0 Å². The van der Waals surface area contributed by atoms with E-state index in [9.17, 15) is 0 Å². The van der Waals surface area contributed by atoms with Crippen LogP contribution in [0.15, 0.2) is 17.4 Å². The van der Waals surface area contributed by atoms with Crippen LogP contribution in [0.2, 0.25) is 0 Å². The molecule has 0 aliphatic rings. The molecule has 0 aromatic heterocycles. The van der Waals surface area contributed by atoms with Crippen molar-refractivity contribution >= 4 is 5.71 Å². The smallest absolute Gasteiger partial charge is 0.0383 e. The summed E-state index contributed by atoms with van der Waals surface area (Å²) in [6.07, 6.45) is 1.00. The lowest BCUT2D eigenvalue weighted by atomic mass is 10.3. The minimum absolute atomic E-state index is 0.896. The van der Waals surface area contributed by atoms with E-state index in [1.165, 1.54) is 0 Å². The summed E-state index contributed by atoms with van der Waals surface area (Å²) in [7, 11) is 0. The lowest BCUT2D eigenvalue weighted by molar-refractivity contribution is 0.386. The van der Waals surface area contributed by atoms with Gasteiger partial charge in [0.15, 0.2) is 0 Å². The van der Waals surface area contributed by atoms with Crippen molar-refractivity contribution in [3.63, 3.8) is 0 Å². The summed E-state index contributed by atoms with van der Waals surface area (Å²) < 4.78 is 0. The van der Waals surface area contributed by atoms with Crippen molar-refractivity contribution in [2.45, 2.75) is 34.1 Å². The van der Waals surface area contributed by atoms with Gasteiger partial charge in [-0.25, -0.2) is 0 Å². The summed E-state index contributed by atoms with van der Waals surface area (Å²) >= 11 is 0. The van der Waals surface area contributed by atoms with E-state index in [2.05, 4.69) is 25.5 Å². The maximum atomic E-state index is 4.36. The van der Waals surface area contributed by atoms with Crippen molar-refractivity contribution in [3.05, 3.63) is 12.3 Å². The van der Waals surface area contributed by atoms with Crippen molar-refractivity contribution in [2.24, 2.45) is 5.10 Å². The van der Waals surface area contributed by atoms with Crippen molar-refractivity contribution in [2.75, 3.05) is 6.54 Å². The number of rotatable bonds is 4. The average Bonchev–Trinajstić information content (AvgIpc) is 1.99. The lowest BCUT2D eigenvalue weighted by Crippen LogP contribution is -2.15. The fraction of sp³-hybridized carbons (Fsp3) is 0.667. The van der Waals surface area contributed by atoms with Gasteiger partial charge in [0.25, 0.3) is 0 Å². The molecule has 0 heterocycles. The Kier molecular flexibility index (Phi) is 4.59. The first-order chi connectivity index (χ1) is 5.11. The minimum Gasteiger partial charge on any atom is -0.271 e. The van der Waals surface area contributed by atoms with Crippen molar-refractivity contribution in [1.82, 2.24) is 5.01 Å². The standard InChI is InChI=1S/C9H18N2/c1-6-9(5)10-11(7-2)8(3)4/h3,6-7H2,1-2,4-5H3/b10-9-. The third kappa shape index (κ3) is 3.81. The van der Waals surface area contributed by atoms with Crippen LogP contribution in [0.1, 0.15) is 34.1 Å². The van der Waals surface area contributed by atoms with E-state index >= 15 is 0 Å². The molecular weight excluding hydrogens is 136 g/mol. The molecule has 64 valence electrons. The fourth-order valence-electron chi connectivity index (χ4n) is 0.703. The van der Waals surface area contributed by atoms with E-state index in [0.717, 1.165) is 24.4 Å². The van der Waals surface area contributed by atoms with Crippen LogP contribution in [-0.4, -0.2) is 17.3 Å². The van der Waals surface area contributed by atoms with Gasteiger partial charge in [0, 0.05) is 18.0 Å². The number of allylic oxidation sites excluding steroid dienone is 1. The van der Waals surface area contributed by atoms with E-state index in [4.69, 9.17) is 0 Å². The molecule has 0 aliphatic heterocycles. The average molecular weight is 154 g/mol. The van der Waals surface area contributed by atoms with Gasteiger partial charge in [-0.2, -0.15) is 5.10 Å². The Morgan fingerprint density at radius 3 is 2.18 bits per heavy atom.